The van der Waals surface area contributed by atoms with Gasteiger partial charge in [-0.05, 0) is 37.1 Å². The lowest BCUT2D eigenvalue weighted by molar-refractivity contribution is 0.602. The van der Waals surface area contributed by atoms with Crippen LogP contribution in [0.3, 0.4) is 0 Å². The number of hydrogen-bond donors (Lipinski definition) is 0. The number of oxazole rings is 1. The zero-order valence-electron chi connectivity index (χ0n) is 12.3. The van der Waals surface area contributed by atoms with Crippen LogP contribution in [0.4, 0.5) is 0 Å². The van der Waals surface area contributed by atoms with Crippen LogP contribution in [0.15, 0.2) is 53.5 Å². The van der Waals surface area contributed by atoms with Crippen molar-refractivity contribution in [3.8, 4) is 17.1 Å². The highest BCUT2D eigenvalue weighted by molar-refractivity contribution is 5.88. The first kappa shape index (κ1) is 12.8. The molecular weight excluding hydrogens is 276 g/mol. The molecule has 5 heteroatoms. The first-order valence-electron chi connectivity index (χ1n) is 7.05. The molecule has 0 unspecified atom stereocenters. The molecule has 5 nitrogen and oxygen atoms in total. The Bertz CT molecular complexity index is 947. The molecule has 4 rings (SSSR count). The third kappa shape index (κ3) is 1.83. The zero-order valence-corrected chi connectivity index (χ0v) is 12.3. The van der Waals surface area contributed by atoms with Gasteiger partial charge < -0.3 is 4.42 Å². The summed E-state index contributed by atoms with van der Waals surface area (Å²) in [5.41, 5.74) is 5.86. The Morgan fingerprint density at radius 3 is 2.59 bits per heavy atom. The number of para-hydroxylation sites is 2. The van der Waals surface area contributed by atoms with Crippen molar-refractivity contribution in [1.29, 1.82) is 0 Å². The summed E-state index contributed by atoms with van der Waals surface area (Å²) in [6, 6.07) is 12.1. The summed E-state index contributed by atoms with van der Waals surface area (Å²) < 4.78 is 7.53. The van der Waals surface area contributed by atoms with Crippen LogP contribution in [0.2, 0.25) is 0 Å². The second kappa shape index (κ2) is 4.80. The topological polar surface area (TPSA) is 56.7 Å². The highest BCUT2D eigenvalue weighted by atomic mass is 16.3. The maximum absolute atomic E-state index is 5.53. The lowest BCUT2D eigenvalue weighted by atomic mass is 10.1. The summed E-state index contributed by atoms with van der Waals surface area (Å²) in [6.45, 7) is 4.17. The predicted molar refractivity (Wildman–Crippen MR) is 83.8 cm³/mol. The summed E-state index contributed by atoms with van der Waals surface area (Å²) in [5, 5.41) is 8.40. The van der Waals surface area contributed by atoms with Crippen LogP contribution >= 0.6 is 0 Å². The van der Waals surface area contributed by atoms with Crippen LogP contribution in [-0.4, -0.2) is 19.7 Å². The van der Waals surface area contributed by atoms with Gasteiger partial charge in [0.2, 0.25) is 0 Å². The summed E-state index contributed by atoms with van der Waals surface area (Å²) in [6.07, 6.45) is 3.19. The van der Waals surface area contributed by atoms with E-state index in [2.05, 4.69) is 47.2 Å². The second-order valence-corrected chi connectivity index (χ2v) is 5.27. The molecule has 2 aromatic heterocycles. The first-order chi connectivity index (χ1) is 10.8. The van der Waals surface area contributed by atoms with Gasteiger partial charge in [0.15, 0.2) is 17.8 Å². The molecule has 0 aliphatic rings. The molecule has 0 N–H and O–H groups in total. The van der Waals surface area contributed by atoms with Gasteiger partial charge in [-0.2, -0.15) is 0 Å². The molecule has 0 saturated carbocycles. The third-order valence-corrected chi connectivity index (χ3v) is 3.83. The lowest BCUT2D eigenvalue weighted by Crippen LogP contribution is -2.01. The molecule has 4 aromatic rings. The minimum absolute atomic E-state index is 0.725. The highest BCUT2D eigenvalue weighted by Gasteiger charge is 2.16. The van der Waals surface area contributed by atoms with Gasteiger partial charge in [0.1, 0.15) is 11.8 Å². The number of fused-ring (bicyclic) bond motifs is 1. The Morgan fingerprint density at radius 1 is 1.00 bits per heavy atom. The number of nitrogens with zero attached hydrogens (tertiary/aromatic N) is 4. The summed E-state index contributed by atoms with van der Waals surface area (Å²) in [4.78, 5) is 4.20. The van der Waals surface area contributed by atoms with Gasteiger partial charge in [-0.1, -0.05) is 24.3 Å². The monoisotopic (exact) mass is 290 g/mol. The van der Waals surface area contributed by atoms with Gasteiger partial charge in [0.25, 0.3) is 0 Å². The molecule has 0 aliphatic heterocycles. The number of aromatic nitrogens is 4. The minimum Gasteiger partial charge on any atom is -0.443 e. The van der Waals surface area contributed by atoms with Crippen LogP contribution in [0.25, 0.3) is 28.2 Å². The van der Waals surface area contributed by atoms with E-state index in [0.717, 1.165) is 28.2 Å². The molecule has 0 spiro atoms. The van der Waals surface area contributed by atoms with Gasteiger partial charge in [-0.3, -0.25) is 4.57 Å². The second-order valence-electron chi connectivity index (χ2n) is 5.27. The fraction of sp³-hybridized carbons (Fsp3) is 0.118. The Balaban J connectivity index is 2.00. The van der Waals surface area contributed by atoms with Crippen molar-refractivity contribution in [3.63, 3.8) is 0 Å². The molecule has 0 bridgehead atoms. The van der Waals surface area contributed by atoms with Crippen LogP contribution in [-0.2, 0) is 0 Å². The average molecular weight is 290 g/mol. The summed E-state index contributed by atoms with van der Waals surface area (Å²) in [7, 11) is 0. The Morgan fingerprint density at radius 2 is 1.77 bits per heavy atom. The summed E-state index contributed by atoms with van der Waals surface area (Å²) >= 11 is 0. The van der Waals surface area contributed by atoms with Crippen LogP contribution in [0.1, 0.15) is 11.1 Å². The molecule has 2 aromatic carbocycles. The van der Waals surface area contributed by atoms with E-state index in [1.54, 1.807) is 6.33 Å². The Hall–Kier alpha value is -2.95. The molecule has 0 saturated heterocycles. The van der Waals surface area contributed by atoms with Crippen molar-refractivity contribution in [1.82, 2.24) is 19.7 Å². The molecular formula is C17H14N4O. The zero-order chi connectivity index (χ0) is 15.1. The molecule has 0 amide bonds. The van der Waals surface area contributed by atoms with Crippen molar-refractivity contribution < 1.29 is 4.42 Å². The van der Waals surface area contributed by atoms with E-state index in [1.165, 1.54) is 17.5 Å². The fourth-order valence-corrected chi connectivity index (χ4v) is 2.83. The lowest BCUT2D eigenvalue weighted by Gasteiger charge is -2.12. The van der Waals surface area contributed by atoms with E-state index in [0.29, 0.717) is 0 Å². The highest BCUT2D eigenvalue weighted by Crippen LogP contribution is 2.30. The molecule has 0 aliphatic carbocycles. The Labute approximate surface area is 127 Å². The first-order valence-corrected chi connectivity index (χ1v) is 7.05. The van der Waals surface area contributed by atoms with E-state index in [1.807, 2.05) is 22.8 Å². The minimum atomic E-state index is 0.725. The van der Waals surface area contributed by atoms with Gasteiger partial charge in [-0.25, -0.2) is 4.98 Å². The average Bonchev–Trinajstić information content (AvgIpc) is 3.15. The summed E-state index contributed by atoms with van der Waals surface area (Å²) in [5.74, 6) is 0.750. The molecule has 0 atom stereocenters. The molecule has 22 heavy (non-hydrogen) atoms. The van der Waals surface area contributed by atoms with Gasteiger partial charge in [-0.15, -0.1) is 10.2 Å². The van der Waals surface area contributed by atoms with E-state index >= 15 is 0 Å². The molecule has 0 fully saturated rings. The fourth-order valence-electron chi connectivity index (χ4n) is 2.83. The largest absolute Gasteiger partial charge is 0.443 e. The quantitative estimate of drug-likeness (QED) is 0.565. The van der Waals surface area contributed by atoms with Crippen molar-refractivity contribution in [3.05, 3.63) is 60.2 Å². The SMILES string of the molecule is Cc1cccc(C)c1-n1cnnc1-c1cccc2ncoc12. The van der Waals surface area contributed by atoms with Crippen molar-refractivity contribution in [2.45, 2.75) is 13.8 Å². The van der Waals surface area contributed by atoms with Crippen molar-refractivity contribution in [2.75, 3.05) is 0 Å². The van der Waals surface area contributed by atoms with Crippen LogP contribution < -0.4 is 0 Å². The van der Waals surface area contributed by atoms with Crippen LogP contribution in [0, 0.1) is 13.8 Å². The number of rotatable bonds is 2. The maximum atomic E-state index is 5.53. The smallest absolute Gasteiger partial charge is 0.182 e. The number of benzene rings is 2. The van der Waals surface area contributed by atoms with Crippen molar-refractivity contribution in [2.24, 2.45) is 0 Å². The normalized spacial score (nSPS) is 11.2. The molecule has 2 heterocycles. The third-order valence-electron chi connectivity index (χ3n) is 3.83. The molecule has 0 radical (unpaired) electrons. The van der Waals surface area contributed by atoms with E-state index in [4.69, 9.17) is 4.42 Å². The van der Waals surface area contributed by atoms with E-state index in [-0.39, 0.29) is 0 Å². The number of hydrogen-bond acceptors (Lipinski definition) is 4. The van der Waals surface area contributed by atoms with Crippen molar-refractivity contribution >= 4 is 11.1 Å². The molecule has 108 valence electrons. The van der Waals surface area contributed by atoms with Crippen LogP contribution in [0.5, 0.6) is 0 Å². The van der Waals surface area contributed by atoms with Gasteiger partial charge in [0.05, 0.1) is 11.3 Å². The van der Waals surface area contributed by atoms with E-state index in [9.17, 15) is 0 Å². The maximum Gasteiger partial charge on any atom is 0.182 e. The predicted octanol–water partition coefficient (Wildman–Crippen LogP) is 3.69. The van der Waals surface area contributed by atoms with E-state index < -0.39 is 0 Å². The van der Waals surface area contributed by atoms with Gasteiger partial charge >= 0.3 is 0 Å². The Kier molecular flexibility index (Phi) is 2.79. The van der Waals surface area contributed by atoms with Gasteiger partial charge in [0, 0.05) is 0 Å². The standard InChI is InChI=1S/C17H14N4O/c1-11-5-3-6-12(2)15(11)21-9-19-20-17(21)13-7-4-8-14-16(13)22-10-18-14/h3-10H,1-2H3. The number of aryl methyl sites for hydroxylation is 2.